The van der Waals surface area contributed by atoms with Crippen LogP contribution in [0.5, 0.6) is 0 Å². The molecule has 1 amide bonds. The number of fused-ring (bicyclic) bond motifs is 1. The van der Waals surface area contributed by atoms with Crippen LogP contribution in [0.2, 0.25) is 0 Å². The predicted molar refractivity (Wildman–Crippen MR) is 144 cm³/mol. The van der Waals surface area contributed by atoms with Gasteiger partial charge in [-0.05, 0) is 97.9 Å². The van der Waals surface area contributed by atoms with Crippen LogP contribution in [-0.4, -0.2) is 31.9 Å². The van der Waals surface area contributed by atoms with E-state index in [-0.39, 0.29) is 47.0 Å². The van der Waals surface area contributed by atoms with E-state index in [0.717, 1.165) is 29.2 Å². The molecule has 5 rings (SSSR count). The average Bonchev–Trinajstić information content (AvgIpc) is 2.94. The monoisotopic (exact) mass is 553 g/mol. The summed E-state index contributed by atoms with van der Waals surface area (Å²) < 4.78 is 55.4. The third-order valence-corrected chi connectivity index (χ3v) is 9.58. The van der Waals surface area contributed by atoms with Gasteiger partial charge in [0, 0.05) is 36.8 Å². The summed E-state index contributed by atoms with van der Waals surface area (Å²) in [5, 5.41) is 3.31. The molecule has 2 aromatic carbocycles. The van der Waals surface area contributed by atoms with Gasteiger partial charge in [0.25, 0.3) is 0 Å². The van der Waals surface area contributed by atoms with Crippen molar-refractivity contribution in [3.63, 3.8) is 0 Å². The summed E-state index contributed by atoms with van der Waals surface area (Å²) in [6.45, 7) is 0.216. The minimum absolute atomic E-state index is 0.0200. The molecule has 206 valence electrons. The van der Waals surface area contributed by atoms with Gasteiger partial charge in [0.1, 0.15) is 16.5 Å². The van der Waals surface area contributed by atoms with Gasteiger partial charge in [-0.25, -0.2) is 21.9 Å². The number of benzene rings is 2. The second kappa shape index (κ2) is 11.9. The third-order valence-electron chi connectivity index (χ3n) is 8.13. The highest BCUT2D eigenvalue weighted by Crippen LogP contribution is 2.36. The number of rotatable bonds is 8. The van der Waals surface area contributed by atoms with E-state index in [0.29, 0.717) is 38.5 Å². The second-order valence-electron chi connectivity index (χ2n) is 10.7. The largest absolute Gasteiger partial charge is 0.352 e. The highest BCUT2D eigenvalue weighted by atomic mass is 32.2. The smallest absolute Gasteiger partial charge is 0.243 e. The van der Waals surface area contributed by atoms with Crippen LogP contribution in [0.4, 0.5) is 8.78 Å². The van der Waals surface area contributed by atoms with Crippen LogP contribution in [0.3, 0.4) is 0 Å². The molecule has 3 aromatic rings. The van der Waals surface area contributed by atoms with E-state index >= 15 is 0 Å². The number of aryl methyl sites for hydroxylation is 1. The molecule has 0 radical (unpaired) electrons. The predicted octanol–water partition coefficient (Wildman–Crippen LogP) is 4.90. The molecule has 0 aliphatic heterocycles. The number of aromatic nitrogens is 1. The zero-order chi connectivity index (χ0) is 27.4. The number of nitrogens with zero attached hydrogens (tertiary/aromatic N) is 1. The highest BCUT2D eigenvalue weighted by Gasteiger charge is 2.34. The van der Waals surface area contributed by atoms with Crippen LogP contribution in [0.25, 0.3) is 0 Å². The number of carbonyl (C=O) groups is 1. The minimum Gasteiger partial charge on any atom is -0.352 e. The number of carbonyl (C=O) groups excluding carboxylic acids is 1. The van der Waals surface area contributed by atoms with E-state index < -0.39 is 15.8 Å². The summed E-state index contributed by atoms with van der Waals surface area (Å²) in [5.41, 5.74) is 3.13. The Morgan fingerprint density at radius 1 is 0.974 bits per heavy atom. The van der Waals surface area contributed by atoms with Crippen molar-refractivity contribution in [2.45, 2.75) is 61.8 Å². The summed E-state index contributed by atoms with van der Waals surface area (Å²) in [4.78, 5) is 17.2. The van der Waals surface area contributed by atoms with E-state index in [4.69, 9.17) is 0 Å². The van der Waals surface area contributed by atoms with Gasteiger partial charge in [-0.2, -0.15) is 0 Å². The molecule has 1 saturated carbocycles. The van der Waals surface area contributed by atoms with Crippen LogP contribution < -0.4 is 10.0 Å². The first-order valence-electron chi connectivity index (χ1n) is 13.5. The summed E-state index contributed by atoms with van der Waals surface area (Å²) in [7, 11) is -3.93. The Balaban J connectivity index is 1.19. The zero-order valence-corrected chi connectivity index (χ0v) is 22.5. The number of nitrogens with one attached hydrogen (secondary N) is 2. The van der Waals surface area contributed by atoms with Gasteiger partial charge in [-0.15, -0.1) is 0 Å². The second-order valence-corrected chi connectivity index (χ2v) is 12.4. The standard InChI is InChI=1S/C30H33F2N3O3S/c31-24-12-13-25-23(17-24)11-14-28(26(25)16-21-4-3-15-33-18-21)35-30(36)22-9-7-20(8-10-22)19-34-39(37,38)29-6-2-1-5-27(29)32/h1-6,12-13,15,17-18,20,22,26,28,34H,7-11,14,16,19H2,(H,35,36). The van der Waals surface area contributed by atoms with Crippen molar-refractivity contribution in [3.8, 4) is 0 Å². The maximum absolute atomic E-state index is 13.9. The first kappa shape index (κ1) is 27.4. The quantitative estimate of drug-likeness (QED) is 0.415. The number of sulfonamides is 1. The van der Waals surface area contributed by atoms with E-state index in [1.54, 1.807) is 12.3 Å². The van der Waals surface area contributed by atoms with Crippen LogP contribution >= 0.6 is 0 Å². The number of amides is 1. The number of halogens is 2. The Bertz CT molecular complexity index is 1410. The fraction of sp³-hybridized carbons (Fsp3) is 0.400. The highest BCUT2D eigenvalue weighted by molar-refractivity contribution is 7.89. The molecule has 6 nitrogen and oxygen atoms in total. The van der Waals surface area contributed by atoms with Crippen LogP contribution in [0, 0.1) is 23.5 Å². The molecule has 2 N–H and O–H groups in total. The molecule has 1 aromatic heterocycles. The van der Waals surface area contributed by atoms with Crippen molar-refractivity contribution >= 4 is 15.9 Å². The maximum atomic E-state index is 13.9. The van der Waals surface area contributed by atoms with Crippen molar-refractivity contribution in [3.05, 3.63) is 95.3 Å². The molecular weight excluding hydrogens is 520 g/mol. The number of pyridine rings is 1. The maximum Gasteiger partial charge on any atom is 0.243 e. The van der Waals surface area contributed by atoms with Crippen LogP contribution in [0.15, 0.2) is 71.9 Å². The Kier molecular flexibility index (Phi) is 8.37. The fourth-order valence-corrected chi connectivity index (χ4v) is 7.17. The van der Waals surface area contributed by atoms with Gasteiger partial charge >= 0.3 is 0 Å². The molecule has 0 saturated heterocycles. The van der Waals surface area contributed by atoms with Crippen molar-refractivity contribution in [1.82, 2.24) is 15.0 Å². The lowest BCUT2D eigenvalue weighted by molar-refractivity contribution is -0.127. The first-order valence-corrected chi connectivity index (χ1v) is 15.0. The zero-order valence-electron chi connectivity index (χ0n) is 21.7. The van der Waals surface area contributed by atoms with E-state index in [1.165, 1.54) is 24.3 Å². The van der Waals surface area contributed by atoms with Gasteiger partial charge in [0.05, 0.1) is 0 Å². The van der Waals surface area contributed by atoms with Crippen LogP contribution in [0.1, 0.15) is 54.7 Å². The SMILES string of the molecule is O=C(NC1CCc2cc(F)ccc2C1Cc1cccnc1)C1CCC(CNS(=O)(=O)c2ccccc2F)CC1. The molecule has 39 heavy (non-hydrogen) atoms. The molecule has 2 atom stereocenters. The minimum atomic E-state index is -3.93. The van der Waals surface area contributed by atoms with Gasteiger partial charge in [-0.3, -0.25) is 9.78 Å². The van der Waals surface area contributed by atoms with Crippen molar-refractivity contribution in [2.24, 2.45) is 11.8 Å². The van der Waals surface area contributed by atoms with Crippen molar-refractivity contribution in [2.75, 3.05) is 6.54 Å². The van der Waals surface area contributed by atoms with Gasteiger partial charge in [0.15, 0.2) is 0 Å². The molecule has 0 bridgehead atoms. The Hall–Kier alpha value is -3.17. The van der Waals surface area contributed by atoms with Crippen molar-refractivity contribution < 1.29 is 22.0 Å². The molecule has 9 heteroatoms. The molecule has 1 fully saturated rings. The molecule has 2 aliphatic carbocycles. The summed E-state index contributed by atoms with van der Waals surface area (Å²) in [6.07, 6.45) is 8.46. The molecule has 2 unspecified atom stereocenters. The van der Waals surface area contributed by atoms with Crippen molar-refractivity contribution in [1.29, 1.82) is 0 Å². The van der Waals surface area contributed by atoms with E-state index in [2.05, 4.69) is 15.0 Å². The Morgan fingerprint density at radius 3 is 2.51 bits per heavy atom. The summed E-state index contributed by atoms with van der Waals surface area (Å²) in [6, 6.07) is 14.1. The molecule has 1 heterocycles. The lowest BCUT2D eigenvalue weighted by atomic mass is 9.75. The average molecular weight is 554 g/mol. The Labute approximate surface area is 228 Å². The third kappa shape index (κ3) is 6.53. The number of hydrogen-bond acceptors (Lipinski definition) is 4. The van der Waals surface area contributed by atoms with Gasteiger partial charge in [0.2, 0.25) is 15.9 Å². The Morgan fingerprint density at radius 2 is 1.77 bits per heavy atom. The lowest BCUT2D eigenvalue weighted by Gasteiger charge is -2.36. The first-order chi connectivity index (χ1) is 18.8. The normalized spacial score (nSPS) is 23.1. The molecule has 2 aliphatic rings. The van der Waals surface area contributed by atoms with Gasteiger partial charge in [-0.1, -0.05) is 24.3 Å². The van der Waals surface area contributed by atoms with Crippen LogP contribution in [-0.2, 0) is 27.7 Å². The summed E-state index contributed by atoms with van der Waals surface area (Å²) in [5.74, 6) is -1.03. The van der Waals surface area contributed by atoms with E-state index in [1.807, 2.05) is 24.4 Å². The topological polar surface area (TPSA) is 88.2 Å². The fourth-order valence-electron chi connectivity index (χ4n) is 5.98. The summed E-state index contributed by atoms with van der Waals surface area (Å²) >= 11 is 0. The van der Waals surface area contributed by atoms with E-state index in [9.17, 15) is 22.0 Å². The lowest BCUT2D eigenvalue weighted by Crippen LogP contribution is -2.46. The van der Waals surface area contributed by atoms with Gasteiger partial charge < -0.3 is 5.32 Å². The number of hydrogen-bond donors (Lipinski definition) is 2. The molecular formula is C30H33F2N3O3S. The molecule has 0 spiro atoms.